The van der Waals surface area contributed by atoms with E-state index in [1.165, 1.54) is 231 Å². The van der Waals surface area contributed by atoms with Crippen LogP contribution in [0.2, 0.25) is 0 Å². The van der Waals surface area contributed by atoms with Crippen molar-refractivity contribution in [2.45, 2.75) is 309 Å². The molecule has 3 N–H and O–H groups in total. The smallest absolute Gasteiger partial charge is 0.391 e. The normalized spacial score (nSPS) is 14.0. The average Bonchev–Trinajstić information content (AvgIpc) is 3.28. The zero-order valence-corrected chi connectivity index (χ0v) is 45.9. The lowest BCUT2D eigenvalue weighted by atomic mass is 10.0. The van der Waals surface area contributed by atoms with Crippen LogP contribution in [0.5, 0.6) is 0 Å². The quantitative estimate of drug-likeness (QED) is 0.0243. The maximum Gasteiger partial charge on any atom is 0.472 e. The molecule has 394 valence electrons. The van der Waals surface area contributed by atoms with Gasteiger partial charge in [-0.25, -0.2) is 4.57 Å². The Balaban J connectivity index is 4.09. The number of phosphoric ester groups is 1. The van der Waals surface area contributed by atoms with Gasteiger partial charge in [-0.15, -0.1) is 0 Å². The number of rotatable bonds is 54. The molecule has 3 unspecified atom stereocenters. The van der Waals surface area contributed by atoms with Crippen LogP contribution in [-0.4, -0.2) is 73.4 Å². The molecule has 0 rings (SSSR count). The van der Waals surface area contributed by atoms with Crippen molar-refractivity contribution in [3.8, 4) is 0 Å². The summed E-state index contributed by atoms with van der Waals surface area (Å²) in [5.74, 6) is -0.138. The van der Waals surface area contributed by atoms with Crippen LogP contribution in [0.4, 0.5) is 0 Å². The van der Waals surface area contributed by atoms with Gasteiger partial charge in [-0.1, -0.05) is 264 Å². The maximum atomic E-state index is 13.0. The number of allylic oxidation sites excluding steroid dienone is 2. The molecule has 0 aliphatic heterocycles. The van der Waals surface area contributed by atoms with E-state index in [1.54, 1.807) is 0 Å². The number of quaternary nitrogens is 1. The lowest BCUT2D eigenvalue weighted by molar-refractivity contribution is -0.870. The van der Waals surface area contributed by atoms with Crippen molar-refractivity contribution in [2.75, 3.05) is 40.9 Å². The number of unbranched alkanes of at least 4 members (excludes halogenated alkanes) is 39. The second kappa shape index (κ2) is 49.2. The van der Waals surface area contributed by atoms with Gasteiger partial charge in [0.1, 0.15) is 13.2 Å². The van der Waals surface area contributed by atoms with Gasteiger partial charge < -0.3 is 19.8 Å². The van der Waals surface area contributed by atoms with Crippen LogP contribution in [0.25, 0.3) is 0 Å². The van der Waals surface area contributed by atoms with Crippen LogP contribution < -0.4 is 5.32 Å². The third kappa shape index (κ3) is 51.1. The Bertz CT molecular complexity index is 1080. The highest BCUT2D eigenvalue weighted by atomic mass is 31.2. The van der Waals surface area contributed by atoms with E-state index in [1.807, 2.05) is 21.1 Å². The number of amides is 1. The number of carbonyl (C=O) groups is 1. The Morgan fingerprint density at radius 1 is 0.500 bits per heavy atom. The molecule has 0 aromatic heterocycles. The van der Waals surface area contributed by atoms with Crippen molar-refractivity contribution >= 4 is 13.7 Å². The predicted octanol–water partition coefficient (Wildman–Crippen LogP) is 17.4. The molecule has 0 radical (unpaired) electrons. The second-order valence-corrected chi connectivity index (χ2v) is 22.8. The first kappa shape index (κ1) is 65.2. The standard InChI is InChI=1S/C57H115N2O6P/c1-6-8-10-12-14-16-18-20-22-24-25-26-27-28-29-30-31-32-33-35-37-39-41-43-45-47-49-51-57(61)58-55(54-65-66(62,63)64-53-52-59(3,4)5)56(60)50-48-46-44-42-40-38-36-34-23-21-19-17-15-13-11-9-7-2/h24-25,55-56,60H,6-23,26-54H2,1-5H3,(H-,58,61,62,63)/p+1/b25-24-. The van der Waals surface area contributed by atoms with Gasteiger partial charge in [0.15, 0.2) is 0 Å². The minimum Gasteiger partial charge on any atom is -0.391 e. The van der Waals surface area contributed by atoms with Gasteiger partial charge in [0.2, 0.25) is 5.91 Å². The van der Waals surface area contributed by atoms with E-state index in [-0.39, 0.29) is 19.1 Å². The Labute approximate surface area is 412 Å². The largest absolute Gasteiger partial charge is 0.472 e. The Morgan fingerprint density at radius 3 is 1.17 bits per heavy atom. The molecule has 0 aliphatic rings. The summed E-state index contributed by atoms with van der Waals surface area (Å²) in [4.78, 5) is 23.3. The van der Waals surface area contributed by atoms with Gasteiger partial charge in [0, 0.05) is 6.42 Å². The van der Waals surface area contributed by atoms with Crippen molar-refractivity contribution in [1.82, 2.24) is 5.32 Å². The van der Waals surface area contributed by atoms with Crippen LogP contribution in [0, 0.1) is 0 Å². The number of nitrogens with zero attached hydrogens (tertiary/aromatic N) is 1. The second-order valence-electron chi connectivity index (χ2n) is 21.4. The minimum atomic E-state index is -4.32. The van der Waals surface area contributed by atoms with Crippen molar-refractivity contribution in [3.05, 3.63) is 12.2 Å². The molecule has 0 fully saturated rings. The molecule has 0 saturated heterocycles. The van der Waals surface area contributed by atoms with Gasteiger partial charge in [-0.3, -0.25) is 13.8 Å². The number of carbonyl (C=O) groups excluding carboxylic acids is 1. The first-order chi connectivity index (χ1) is 32.0. The Kier molecular flexibility index (Phi) is 48.7. The summed E-state index contributed by atoms with van der Waals surface area (Å²) in [5.41, 5.74) is 0. The number of likely N-dealkylation sites (N-methyl/N-ethyl adjacent to an activating group) is 1. The summed E-state index contributed by atoms with van der Waals surface area (Å²) in [6, 6.07) is -0.757. The van der Waals surface area contributed by atoms with E-state index in [9.17, 15) is 19.4 Å². The third-order valence-corrected chi connectivity index (χ3v) is 14.5. The summed E-state index contributed by atoms with van der Waals surface area (Å²) in [6.45, 7) is 4.93. The summed E-state index contributed by atoms with van der Waals surface area (Å²) in [5, 5.41) is 14.1. The SMILES string of the molecule is CCCCCCCCCC/C=C\CCCCCCCCCCCCCCCCCC(=O)NC(COP(=O)(O)OCC[N+](C)(C)C)C(O)CCCCCCCCCCCCCCCCCCC. The molecule has 0 aromatic rings. The summed E-state index contributed by atoms with van der Waals surface area (Å²) >= 11 is 0. The van der Waals surface area contributed by atoms with E-state index >= 15 is 0 Å². The molecular formula is C57H116N2O6P+. The summed E-state index contributed by atoms with van der Waals surface area (Å²) in [6.07, 6.45) is 59.8. The summed E-state index contributed by atoms with van der Waals surface area (Å²) in [7, 11) is 1.63. The fourth-order valence-electron chi connectivity index (χ4n) is 8.93. The molecule has 66 heavy (non-hydrogen) atoms. The monoisotopic (exact) mass is 956 g/mol. The van der Waals surface area contributed by atoms with Gasteiger partial charge in [-0.2, -0.15) is 0 Å². The third-order valence-electron chi connectivity index (χ3n) is 13.5. The van der Waals surface area contributed by atoms with Gasteiger partial charge in [-0.05, 0) is 38.5 Å². The maximum absolute atomic E-state index is 13.0. The minimum absolute atomic E-state index is 0.0777. The molecule has 0 bridgehead atoms. The number of hydrogen-bond donors (Lipinski definition) is 3. The van der Waals surface area contributed by atoms with E-state index in [2.05, 4.69) is 31.3 Å². The predicted molar refractivity (Wildman–Crippen MR) is 286 cm³/mol. The fraction of sp³-hybridized carbons (Fsp3) is 0.947. The lowest BCUT2D eigenvalue weighted by Gasteiger charge is -2.26. The van der Waals surface area contributed by atoms with E-state index in [0.717, 1.165) is 38.5 Å². The van der Waals surface area contributed by atoms with Crippen molar-refractivity contribution < 1.29 is 32.9 Å². The molecule has 9 heteroatoms. The molecule has 1 amide bonds. The average molecular weight is 957 g/mol. The number of nitrogens with one attached hydrogen (secondary N) is 1. The molecule has 0 aromatic carbocycles. The number of phosphoric acid groups is 1. The molecule has 0 aliphatic carbocycles. The van der Waals surface area contributed by atoms with E-state index in [0.29, 0.717) is 23.9 Å². The Morgan fingerprint density at radius 2 is 0.818 bits per heavy atom. The zero-order valence-electron chi connectivity index (χ0n) is 45.0. The number of aliphatic hydroxyl groups is 1. The van der Waals surface area contributed by atoms with Crippen molar-refractivity contribution in [3.63, 3.8) is 0 Å². The van der Waals surface area contributed by atoms with Crippen LogP contribution in [0.3, 0.4) is 0 Å². The number of aliphatic hydroxyl groups excluding tert-OH is 1. The van der Waals surface area contributed by atoms with Crippen LogP contribution in [0.15, 0.2) is 12.2 Å². The van der Waals surface area contributed by atoms with Crippen LogP contribution in [-0.2, 0) is 18.4 Å². The fourth-order valence-corrected chi connectivity index (χ4v) is 9.66. The van der Waals surface area contributed by atoms with E-state index < -0.39 is 20.0 Å². The highest BCUT2D eigenvalue weighted by Gasteiger charge is 2.28. The molecular weight excluding hydrogens is 840 g/mol. The van der Waals surface area contributed by atoms with Gasteiger partial charge >= 0.3 is 7.82 Å². The molecule has 0 heterocycles. The van der Waals surface area contributed by atoms with Crippen LogP contribution >= 0.6 is 7.82 Å². The lowest BCUT2D eigenvalue weighted by Crippen LogP contribution is -2.46. The van der Waals surface area contributed by atoms with Gasteiger partial charge in [0.25, 0.3) is 0 Å². The van der Waals surface area contributed by atoms with Crippen molar-refractivity contribution in [1.29, 1.82) is 0 Å². The summed E-state index contributed by atoms with van der Waals surface area (Å²) < 4.78 is 23.8. The topological polar surface area (TPSA) is 105 Å². The van der Waals surface area contributed by atoms with Gasteiger partial charge in [0.05, 0.1) is 39.9 Å². The zero-order chi connectivity index (χ0) is 48.5. The molecule has 0 saturated carbocycles. The Hall–Kier alpha value is -0.760. The molecule has 3 atom stereocenters. The highest BCUT2D eigenvalue weighted by Crippen LogP contribution is 2.43. The number of hydrogen-bond acceptors (Lipinski definition) is 5. The first-order valence-electron chi connectivity index (χ1n) is 29.1. The van der Waals surface area contributed by atoms with Crippen LogP contribution in [0.1, 0.15) is 296 Å². The molecule has 0 spiro atoms. The van der Waals surface area contributed by atoms with Crippen molar-refractivity contribution in [2.24, 2.45) is 0 Å². The molecule has 8 nitrogen and oxygen atoms in total. The van der Waals surface area contributed by atoms with E-state index in [4.69, 9.17) is 9.05 Å². The highest BCUT2D eigenvalue weighted by molar-refractivity contribution is 7.47. The first-order valence-corrected chi connectivity index (χ1v) is 30.5.